The molecular weight excluding hydrogens is 481 g/mol. The third-order valence-corrected chi connectivity index (χ3v) is 5.75. The first-order valence-electron chi connectivity index (χ1n) is 11.2. The second-order valence-electron chi connectivity index (χ2n) is 8.45. The van der Waals surface area contributed by atoms with Gasteiger partial charge in [0.2, 0.25) is 0 Å². The van der Waals surface area contributed by atoms with Gasteiger partial charge in [0.1, 0.15) is 5.52 Å². The van der Waals surface area contributed by atoms with Crippen LogP contribution in [0.1, 0.15) is 21.5 Å². The Labute approximate surface area is 209 Å². The van der Waals surface area contributed by atoms with Gasteiger partial charge in [0, 0.05) is 34.4 Å². The Bertz CT molecular complexity index is 1630. The molecule has 37 heavy (non-hydrogen) atoms. The number of carbonyl (C=O) groups excluding carboxylic acids is 1. The fourth-order valence-corrected chi connectivity index (χ4v) is 3.84. The molecule has 0 aliphatic carbocycles. The number of hydrogen-bond donors (Lipinski definition) is 4. The van der Waals surface area contributed by atoms with Crippen LogP contribution in [0.25, 0.3) is 22.4 Å². The van der Waals surface area contributed by atoms with E-state index < -0.39 is 17.6 Å². The van der Waals surface area contributed by atoms with Crippen LogP contribution in [0.3, 0.4) is 0 Å². The van der Waals surface area contributed by atoms with Crippen LogP contribution in [0.5, 0.6) is 0 Å². The lowest BCUT2D eigenvalue weighted by atomic mass is 10.1. The van der Waals surface area contributed by atoms with Gasteiger partial charge in [0.05, 0.1) is 11.1 Å². The average molecular weight is 503 g/mol. The number of alkyl halides is 3. The highest BCUT2D eigenvalue weighted by molar-refractivity contribution is 6.05. The van der Waals surface area contributed by atoms with Crippen LogP contribution in [0.2, 0.25) is 0 Å². The van der Waals surface area contributed by atoms with Gasteiger partial charge in [-0.2, -0.15) is 13.2 Å². The molecule has 1 amide bonds. The Morgan fingerprint density at radius 2 is 1.78 bits per heavy atom. The molecule has 0 fully saturated rings. The molecule has 7 nitrogen and oxygen atoms in total. The number of nitrogens with two attached hydrogens (primary N) is 1. The summed E-state index contributed by atoms with van der Waals surface area (Å²) in [5.41, 5.74) is 9.52. The van der Waals surface area contributed by atoms with E-state index in [2.05, 4.69) is 25.6 Å². The molecule has 10 heteroatoms. The molecule has 2 heterocycles. The van der Waals surface area contributed by atoms with Gasteiger partial charge < -0.3 is 21.4 Å². The van der Waals surface area contributed by atoms with Crippen molar-refractivity contribution in [2.45, 2.75) is 13.1 Å². The van der Waals surface area contributed by atoms with Gasteiger partial charge in [-0.05, 0) is 61.0 Å². The van der Waals surface area contributed by atoms with E-state index in [-0.39, 0.29) is 11.3 Å². The molecule has 5 N–H and O–H groups in total. The fraction of sp³-hybridized carbons (Fsp3) is 0.0741. The minimum Gasteiger partial charge on any atom is -0.399 e. The second kappa shape index (κ2) is 9.30. The highest BCUT2D eigenvalue weighted by Gasteiger charge is 2.30. The van der Waals surface area contributed by atoms with Gasteiger partial charge in [0.25, 0.3) is 5.91 Å². The Balaban J connectivity index is 1.46. The molecule has 0 aliphatic heterocycles. The third kappa shape index (κ3) is 5.08. The lowest BCUT2D eigenvalue weighted by Gasteiger charge is -2.14. The maximum Gasteiger partial charge on any atom is 0.416 e. The molecule has 2 aromatic heterocycles. The van der Waals surface area contributed by atoms with Crippen molar-refractivity contribution in [3.8, 4) is 11.4 Å². The topological polar surface area (TPSA) is 109 Å². The van der Waals surface area contributed by atoms with Crippen molar-refractivity contribution in [2.24, 2.45) is 0 Å². The van der Waals surface area contributed by atoms with Gasteiger partial charge in [0.15, 0.2) is 11.6 Å². The summed E-state index contributed by atoms with van der Waals surface area (Å²) in [7, 11) is 0. The normalized spacial score (nSPS) is 11.5. The molecular formula is C27H21F3N6O. The van der Waals surface area contributed by atoms with Crippen molar-refractivity contribution in [3.63, 3.8) is 0 Å². The van der Waals surface area contributed by atoms with Crippen LogP contribution in [-0.4, -0.2) is 20.9 Å². The number of rotatable bonds is 5. The number of carbonyl (C=O) groups is 1. The minimum atomic E-state index is -4.51. The standard InChI is InChI=1S/C27H21F3N6O/c1-15-8-9-17(26(37)33-20-7-3-5-18(14-20)27(28,29)30)13-22(15)35-25-23-21(10-11-32-23)34-24(36-25)16-4-2-6-19(31)12-16/h2-14,32H,31H2,1H3,(H,33,37)(H,34,35,36). The van der Waals surface area contributed by atoms with Crippen LogP contribution in [-0.2, 0) is 6.18 Å². The van der Waals surface area contributed by atoms with Crippen LogP contribution in [0.4, 0.5) is 36.1 Å². The van der Waals surface area contributed by atoms with E-state index in [0.29, 0.717) is 34.1 Å². The highest BCUT2D eigenvalue weighted by Crippen LogP contribution is 2.31. The van der Waals surface area contributed by atoms with E-state index in [4.69, 9.17) is 5.73 Å². The maximum atomic E-state index is 13.0. The molecule has 0 saturated heterocycles. The first-order chi connectivity index (χ1) is 17.7. The summed E-state index contributed by atoms with van der Waals surface area (Å²) < 4.78 is 39.1. The lowest BCUT2D eigenvalue weighted by molar-refractivity contribution is -0.137. The Morgan fingerprint density at radius 1 is 0.973 bits per heavy atom. The van der Waals surface area contributed by atoms with E-state index in [1.54, 1.807) is 36.5 Å². The Hall–Kier alpha value is -4.86. The molecule has 0 unspecified atom stereocenters. The van der Waals surface area contributed by atoms with Gasteiger partial charge >= 0.3 is 6.18 Å². The quantitative estimate of drug-likeness (QED) is 0.204. The molecule has 0 aliphatic rings. The minimum absolute atomic E-state index is 0.0468. The van der Waals surface area contributed by atoms with E-state index in [0.717, 1.165) is 23.3 Å². The summed E-state index contributed by atoms with van der Waals surface area (Å²) in [5.74, 6) is 0.416. The number of halogens is 3. The Kier molecular flexibility index (Phi) is 6.00. The number of anilines is 4. The van der Waals surface area contributed by atoms with Crippen molar-refractivity contribution in [3.05, 3.63) is 95.7 Å². The zero-order valence-corrected chi connectivity index (χ0v) is 19.5. The first kappa shape index (κ1) is 23.9. The predicted octanol–water partition coefficient (Wildman–Crippen LogP) is 6.53. The number of aromatic amines is 1. The van der Waals surface area contributed by atoms with E-state index in [1.807, 2.05) is 25.1 Å². The molecule has 0 saturated carbocycles. The molecule has 0 atom stereocenters. The van der Waals surface area contributed by atoms with Crippen molar-refractivity contribution in [1.29, 1.82) is 0 Å². The smallest absolute Gasteiger partial charge is 0.399 e. The van der Waals surface area contributed by atoms with Crippen LogP contribution in [0, 0.1) is 6.92 Å². The first-order valence-corrected chi connectivity index (χ1v) is 11.2. The zero-order valence-electron chi connectivity index (χ0n) is 19.5. The van der Waals surface area contributed by atoms with E-state index >= 15 is 0 Å². The SMILES string of the molecule is Cc1ccc(C(=O)Nc2cccc(C(F)(F)F)c2)cc1Nc1nc(-c2cccc(N)c2)nc2cc[nH]c12. The van der Waals surface area contributed by atoms with E-state index in [9.17, 15) is 18.0 Å². The van der Waals surface area contributed by atoms with Gasteiger partial charge in [-0.3, -0.25) is 4.79 Å². The van der Waals surface area contributed by atoms with Crippen molar-refractivity contribution in [1.82, 2.24) is 15.0 Å². The number of fused-ring (bicyclic) bond motifs is 1. The molecule has 186 valence electrons. The number of H-pyrrole nitrogens is 1. The maximum absolute atomic E-state index is 13.0. The number of nitrogens with one attached hydrogen (secondary N) is 3. The van der Waals surface area contributed by atoms with E-state index in [1.165, 1.54) is 12.1 Å². The number of hydrogen-bond acceptors (Lipinski definition) is 5. The van der Waals surface area contributed by atoms with Crippen molar-refractivity contribution >= 4 is 39.8 Å². The largest absolute Gasteiger partial charge is 0.416 e. The molecule has 5 rings (SSSR count). The zero-order chi connectivity index (χ0) is 26.2. The summed E-state index contributed by atoms with van der Waals surface area (Å²) in [4.78, 5) is 25.3. The number of aromatic nitrogens is 3. The van der Waals surface area contributed by atoms with Gasteiger partial charge in [-0.15, -0.1) is 0 Å². The molecule has 0 radical (unpaired) electrons. The number of amides is 1. The van der Waals surface area contributed by atoms with Crippen LogP contribution in [0.15, 0.2) is 79.0 Å². The van der Waals surface area contributed by atoms with Crippen LogP contribution < -0.4 is 16.4 Å². The van der Waals surface area contributed by atoms with Crippen LogP contribution >= 0.6 is 0 Å². The number of nitrogen functional groups attached to an aromatic ring is 1. The van der Waals surface area contributed by atoms with Crippen molar-refractivity contribution < 1.29 is 18.0 Å². The van der Waals surface area contributed by atoms with Gasteiger partial charge in [-0.1, -0.05) is 24.3 Å². The predicted molar refractivity (Wildman–Crippen MR) is 138 cm³/mol. The summed E-state index contributed by atoms with van der Waals surface area (Å²) in [6.45, 7) is 1.86. The lowest BCUT2D eigenvalue weighted by Crippen LogP contribution is -2.13. The Morgan fingerprint density at radius 3 is 2.57 bits per heavy atom. The second-order valence-corrected chi connectivity index (χ2v) is 8.45. The molecule has 5 aromatic rings. The summed E-state index contributed by atoms with van der Waals surface area (Å²) >= 11 is 0. The summed E-state index contributed by atoms with van der Waals surface area (Å²) in [5, 5.41) is 5.80. The highest BCUT2D eigenvalue weighted by atomic mass is 19.4. The number of nitrogens with zero attached hydrogens (tertiary/aromatic N) is 2. The monoisotopic (exact) mass is 502 g/mol. The third-order valence-electron chi connectivity index (χ3n) is 5.75. The average Bonchev–Trinajstić information content (AvgIpc) is 3.34. The molecule has 0 bridgehead atoms. The summed E-state index contributed by atoms with van der Waals surface area (Å²) in [6.07, 6.45) is -2.76. The summed E-state index contributed by atoms with van der Waals surface area (Å²) in [6, 6.07) is 18.5. The fourth-order valence-electron chi connectivity index (χ4n) is 3.84. The van der Waals surface area contributed by atoms with Crippen molar-refractivity contribution in [2.75, 3.05) is 16.4 Å². The number of aryl methyl sites for hydroxylation is 1. The van der Waals surface area contributed by atoms with Gasteiger partial charge in [-0.25, -0.2) is 9.97 Å². The number of benzene rings is 3. The molecule has 0 spiro atoms. The molecule has 3 aromatic carbocycles.